The average Bonchev–Trinajstić information content (AvgIpc) is 2.60. The molecule has 0 aliphatic carbocycles. The molecule has 1 heterocycles. The van der Waals surface area contributed by atoms with E-state index in [-0.39, 0.29) is 5.91 Å². The number of amides is 1. The Morgan fingerprint density at radius 3 is 3.09 bits per heavy atom. The van der Waals surface area contributed by atoms with Crippen molar-refractivity contribution in [2.75, 3.05) is 26.7 Å². The van der Waals surface area contributed by atoms with Crippen LogP contribution in [0.4, 0.5) is 0 Å². The van der Waals surface area contributed by atoms with Gasteiger partial charge in [-0.15, -0.1) is 0 Å². The van der Waals surface area contributed by atoms with Crippen molar-refractivity contribution in [3.05, 3.63) is 29.8 Å². The molecule has 23 heavy (non-hydrogen) atoms. The topological polar surface area (TPSA) is 59.6 Å². The summed E-state index contributed by atoms with van der Waals surface area (Å²) in [4.78, 5) is 12.1. The molecule has 2 unspecified atom stereocenters. The fourth-order valence-corrected chi connectivity index (χ4v) is 2.77. The molecule has 1 aromatic rings. The Kier molecular flexibility index (Phi) is 7.36. The maximum Gasteiger partial charge on any atom is 0.248 e. The number of carbonyl (C=O) groups is 1. The molecule has 128 valence electrons. The first-order valence-electron chi connectivity index (χ1n) is 8.42. The summed E-state index contributed by atoms with van der Waals surface area (Å²) in [7, 11) is 1.64. The Labute approximate surface area is 138 Å². The Morgan fingerprint density at radius 1 is 1.48 bits per heavy atom. The zero-order chi connectivity index (χ0) is 16.5. The molecule has 1 saturated heterocycles. The summed E-state index contributed by atoms with van der Waals surface area (Å²) in [6.07, 6.45) is 3.07. The zero-order valence-corrected chi connectivity index (χ0v) is 14.1. The Bertz CT molecular complexity index is 487. The predicted octanol–water partition coefficient (Wildman–Crippen LogP) is 2.11. The van der Waals surface area contributed by atoms with Gasteiger partial charge < -0.3 is 20.1 Å². The highest BCUT2D eigenvalue weighted by Crippen LogP contribution is 2.14. The van der Waals surface area contributed by atoms with Gasteiger partial charge in [-0.2, -0.15) is 0 Å². The van der Waals surface area contributed by atoms with E-state index in [0.717, 1.165) is 37.4 Å². The minimum atomic E-state index is -0.453. The van der Waals surface area contributed by atoms with Crippen molar-refractivity contribution < 1.29 is 14.3 Å². The molecule has 1 aromatic carbocycles. The van der Waals surface area contributed by atoms with E-state index in [2.05, 4.69) is 10.6 Å². The van der Waals surface area contributed by atoms with E-state index in [0.29, 0.717) is 12.5 Å². The highest BCUT2D eigenvalue weighted by atomic mass is 16.5. The largest absolute Gasteiger partial charge is 0.497 e. The Morgan fingerprint density at radius 2 is 2.35 bits per heavy atom. The van der Waals surface area contributed by atoms with Gasteiger partial charge in [0.25, 0.3) is 0 Å². The van der Waals surface area contributed by atoms with Crippen molar-refractivity contribution in [1.82, 2.24) is 10.6 Å². The highest BCUT2D eigenvalue weighted by Gasteiger charge is 2.16. The van der Waals surface area contributed by atoms with Crippen molar-refractivity contribution in [2.24, 2.45) is 5.92 Å². The second kappa shape index (κ2) is 9.53. The van der Waals surface area contributed by atoms with Gasteiger partial charge in [-0.05, 0) is 62.9 Å². The van der Waals surface area contributed by atoms with Crippen LogP contribution in [0.1, 0.15) is 31.7 Å². The molecule has 0 radical (unpaired) electrons. The van der Waals surface area contributed by atoms with Gasteiger partial charge in [-0.1, -0.05) is 12.1 Å². The van der Waals surface area contributed by atoms with Crippen LogP contribution in [0.3, 0.4) is 0 Å². The van der Waals surface area contributed by atoms with Crippen LogP contribution in [-0.2, 0) is 16.1 Å². The van der Waals surface area contributed by atoms with Gasteiger partial charge >= 0.3 is 0 Å². The maximum absolute atomic E-state index is 12.1. The van der Waals surface area contributed by atoms with Crippen LogP contribution in [0.25, 0.3) is 0 Å². The van der Waals surface area contributed by atoms with Gasteiger partial charge in [-0.25, -0.2) is 0 Å². The van der Waals surface area contributed by atoms with Crippen molar-refractivity contribution in [2.45, 2.75) is 38.9 Å². The lowest BCUT2D eigenvalue weighted by Crippen LogP contribution is -2.37. The predicted molar refractivity (Wildman–Crippen MR) is 90.5 cm³/mol. The lowest BCUT2D eigenvalue weighted by molar-refractivity contribution is -0.132. The van der Waals surface area contributed by atoms with Crippen molar-refractivity contribution in [3.63, 3.8) is 0 Å². The maximum atomic E-state index is 12.1. The number of ether oxygens (including phenoxy) is 2. The fourth-order valence-electron chi connectivity index (χ4n) is 2.77. The molecule has 2 rings (SSSR count). The Balaban J connectivity index is 1.65. The third-order valence-corrected chi connectivity index (χ3v) is 4.25. The van der Waals surface area contributed by atoms with Gasteiger partial charge in [0, 0.05) is 6.54 Å². The summed E-state index contributed by atoms with van der Waals surface area (Å²) < 4.78 is 10.8. The smallest absolute Gasteiger partial charge is 0.248 e. The summed E-state index contributed by atoms with van der Waals surface area (Å²) in [5.41, 5.74) is 0.997. The molecule has 2 N–H and O–H groups in total. The van der Waals surface area contributed by atoms with Crippen LogP contribution < -0.4 is 15.4 Å². The second-order valence-electron chi connectivity index (χ2n) is 6.10. The molecular weight excluding hydrogens is 292 g/mol. The first-order valence-corrected chi connectivity index (χ1v) is 8.42. The number of piperidine rings is 1. The molecule has 5 nitrogen and oxygen atoms in total. The van der Waals surface area contributed by atoms with Gasteiger partial charge in [0.05, 0.1) is 13.7 Å². The van der Waals surface area contributed by atoms with Gasteiger partial charge in [0.1, 0.15) is 11.9 Å². The molecule has 5 heteroatoms. The molecular formula is C18H28N2O3. The molecule has 2 atom stereocenters. The molecule has 0 aromatic heterocycles. The number of nitrogens with one attached hydrogen (secondary N) is 2. The SMILES string of the molecule is COc1cccc(COC(C)C(=O)NCCC2CCCNC2)c1. The van der Waals surface area contributed by atoms with Crippen LogP contribution >= 0.6 is 0 Å². The molecule has 0 spiro atoms. The van der Waals surface area contributed by atoms with Crippen molar-refractivity contribution >= 4 is 5.91 Å². The molecule has 0 bridgehead atoms. The summed E-state index contributed by atoms with van der Waals surface area (Å²) in [5.74, 6) is 1.43. The number of hydrogen-bond donors (Lipinski definition) is 2. The summed E-state index contributed by atoms with van der Waals surface area (Å²) in [6, 6.07) is 7.68. The number of benzene rings is 1. The van der Waals surface area contributed by atoms with Crippen molar-refractivity contribution in [1.29, 1.82) is 0 Å². The summed E-state index contributed by atoms with van der Waals surface area (Å²) in [5, 5.41) is 6.37. The monoisotopic (exact) mass is 320 g/mol. The second-order valence-corrected chi connectivity index (χ2v) is 6.10. The summed E-state index contributed by atoms with van der Waals surface area (Å²) in [6.45, 7) is 5.10. The minimum absolute atomic E-state index is 0.0448. The standard InChI is InChI=1S/C18H28N2O3/c1-14(23-13-16-5-3-7-17(11-16)22-2)18(21)20-10-8-15-6-4-9-19-12-15/h3,5,7,11,14-15,19H,4,6,8-10,12-13H2,1-2H3,(H,20,21). The third-order valence-electron chi connectivity index (χ3n) is 4.25. The van der Waals surface area contributed by atoms with Crippen LogP contribution in [0, 0.1) is 5.92 Å². The molecule has 1 aliphatic heterocycles. The van der Waals surface area contributed by atoms with Crippen LogP contribution in [0.15, 0.2) is 24.3 Å². The molecule has 1 fully saturated rings. The van der Waals surface area contributed by atoms with Gasteiger partial charge in [0.15, 0.2) is 0 Å². The lowest BCUT2D eigenvalue weighted by Gasteiger charge is -2.23. The number of carbonyl (C=O) groups excluding carboxylic acids is 1. The lowest BCUT2D eigenvalue weighted by atomic mass is 9.96. The molecule has 1 amide bonds. The average molecular weight is 320 g/mol. The fraction of sp³-hybridized carbons (Fsp3) is 0.611. The normalized spacial score (nSPS) is 19.1. The Hall–Kier alpha value is -1.59. The van der Waals surface area contributed by atoms with E-state index < -0.39 is 6.10 Å². The van der Waals surface area contributed by atoms with Crippen LogP contribution in [0.2, 0.25) is 0 Å². The molecule has 1 aliphatic rings. The minimum Gasteiger partial charge on any atom is -0.497 e. The number of methoxy groups -OCH3 is 1. The van der Waals surface area contributed by atoms with E-state index >= 15 is 0 Å². The van der Waals surface area contributed by atoms with E-state index in [1.807, 2.05) is 24.3 Å². The van der Waals surface area contributed by atoms with Gasteiger partial charge in [0.2, 0.25) is 5.91 Å². The quantitative estimate of drug-likeness (QED) is 0.770. The number of hydrogen-bond acceptors (Lipinski definition) is 4. The van der Waals surface area contributed by atoms with E-state index in [1.165, 1.54) is 12.8 Å². The van der Waals surface area contributed by atoms with E-state index in [9.17, 15) is 4.79 Å². The van der Waals surface area contributed by atoms with E-state index in [1.54, 1.807) is 14.0 Å². The molecule has 0 saturated carbocycles. The van der Waals surface area contributed by atoms with Crippen LogP contribution in [0.5, 0.6) is 5.75 Å². The first kappa shape index (κ1) is 17.8. The van der Waals surface area contributed by atoms with Gasteiger partial charge in [-0.3, -0.25) is 4.79 Å². The zero-order valence-electron chi connectivity index (χ0n) is 14.1. The van der Waals surface area contributed by atoms with Crippen LogP contribution in [-0.4, -0.2) is 38.8 Å². The van der Waals surface area contributed by atoms with Crippen molar-refractivity contribution in [3.8, 4) is 5.75 Å². The van der Waals surface area contributed by atoms with E-state index in [4.69, 9.17) is 9.47 Å². The third kappa shape index (κ3) is 6.20. The first-order chi connectivity index (χ1) is 11.2. The summed E-state index contributed by atoms with van der Waals surface area (Å²) >= 11 is 0. The number of rotatable bonds is 8. The highest BCUT2D eigenvalue weighted by molar-refractivity contribution is 5.80.